The third-order valence-corrected chi connectivity index (χ3v) is 5.76. The second kappa shape index (κ2) is 8.76. The van der Waals surface area contributed by atoms with Crippen molar-refractivity contribution in [3.8, 4) is 5.75 Å². The Kier molecular flexibility index (Phi) is 6.55. The molecule has 0 spiro atoms. The van der Waals surface area contributed by atoms with E-state index in [0.29, 0.717) is 49.7 Å². The molecule has 29 heavy (non-hydrogen) atoms. The maximum absolute atomic E-state index is 14.2. The summed E-state index contributed by atoms with van der Waals surface area (Å²) in [6.07, 6.45) is 1.80. The summed E-state index contributed by atoms with van der Waals surface area (Å²) in [6, 6.07) is 4.30. The maximum atomic E-state index is 14.2. The maximum Gasteiger partial charge on any atom is 0.209 e. The molecule has 1 N–H and O–H groups in total. The number of ether oxygens (including phenoxy) is 1. The van der Waals surface area contributed by atoms with Crippen molar-refractivity contribution >= 4 is 10.0 Å². The number of fused-ring (bicyclic) bond motifs is 1. The normalized spacial score (nSPS) is 16.5. The van der Waals surface area contributed by atoms with Gasteiger partial charge in [0.2, 0.25) is 10.0 Å². The van der Waals surface area contributed by atoms with Gasteiger partial charge in [-0.3, -0.25) is 4.90 Å². The predicted molar refractivity (Wildman–Crippen MR) is 108 cm³/mol. The standard InChI is InChI=1S/C19H28FN5O3S/c1-13(2)18(23-29(4,26)27)19-22-21-17-7-8-24(9-10-25(17)19)12-14-11-15(28-3)5-6-16(14)20/h5-6,11,13,18,23H,7-10,12H2,1-4H3. The van der Waals surface area contributed by atoms with Crippen LogP contribution in [-0.2, 0) is 29.5 Å². The largest absolute Gasteiger partial charge is 0.497 e. The Bertz CT molecular complexity index is 961. The molecule has 0 bridgehead atoms. The van der Waals surface area contributed by atoms with Crippen LogP contribution in [0.4, 0.5) is 4.39 Å². The van der Waals surface area contributed by atoms with Crippen molar-refractivity contribution < 1.29 is 17.5 Å². The third kappa shape index (κ3) is 5.31. The first-order chi connectivity index (χ1) is 13.7. The van der Waals surface area contributed by atoms with Gasteiger partial charge in [0.25, 0.3) is 0 Å². The Morgan fingerprint density at radius 1 is 1.24 bits per heavy atom. The molecule has 0 saturated carbocycles. The van der Waals surface area contributed by atoms with E-state index < -0.39 is 16.1 Å². The van der Waals surface area contributed by atoms with Gasteiger partial charge in [-0.2, -0.15) is 0 Å². The van der Waals surface area contributed by atoms with E-state index in [-0.39, 0.29) is 11.7 Å². The van der Waals surface area contributed by atoms with Crippen LogP contribution in [0.25, 0.3) is 0 Å². The van der Waals surface area contributed by atoms with Gasteiger partial charge in [0, 0.05) is 38.2 Å². The molecular weight excluding hydrogens is 397 g/mol. The van der Waals surface area contributed by atoms with Crippen LogP contribution in [0.3, 0.4) is 0 Å². The molecule has 10 heteroatoms. The lowest BCUT2D eigenvalue weighted by Crippen LogP contribution is -2.33. The number of rotatable bonds is 7. The molecular formula is C19H28FN5O3S. The van der Waals surface area contributed by atoms with Crippen LogP contribution in [0.5, 0.6) is 5.75 Å². The molecule has 2 heterocycles. The first kappa shape index (κ1) is 21.7. The molecule has 2 aromatic rings. The van der Waals surface area contributed by atoms with Gasteiger partial charge in [-0.05, 0) is 24.1 Å². The molecule has 1 atom stereocenters. The van der Waals surface area contributed by atoms with Gasteiger partial charge in [-0.1, -0.05) is 13.8 Å². The summed E-state index contributed by atoms with van der Waals surface area (Å²) in [5.41, 5.74) is 0.584. The van der Waals surface area contributed by atoms with Crippen molar-refractivity contribution in [2.24, 2.45) is 5.92 Å². The van der Waals surface area contributed by atoms with Crippen LogP contribution >= 0.6 is 0 Å². The lowest BCUT2D eigenvalue weighted by atomic mass is 10.1. The Morgan fingerprint density at radius 3 is 2.66 bits per heavy atom. The van der Waals surface area contributed by atoms with Crippen molar-refractivity contribution in [1.29, 1.82) is 0 Å². The number of benzene rings is 1. The molecule has 0 saturated heterocycles. The van der Waals surface area contributed by atoms with Crippen LogP contribution in [0, 0.1) is 11.7 Å². The van der Waals surface area contributed by atoms with Crippen LogP contribution in [0.1, 0.15) is 37.1 Å². The van der Waals surface area contributed by atoms with Crippen LogP contribution in [-0.4, -0.2) is 54.5 Å². The lowest BCUT2D eigenvalue weighted by Gasteiger charge is -2.23. The lowest BCUT2D eigenvalue weighted by molar-refractivity contribution is 0.264. The number of methoxy groups -OCH3 is 1. The van der Waals surface area contributed by atoms with Crippen LogP contribution in [0.2, 0.25) is 0 Å². The number of aromatic nitrogens is 3. The van der Waals surface area contributed by atoms with Gasteiger partial charge in [0.1, 0.15) is 17.4 Å². The number of nitrogens with one attached hydrogen (secondary N) is 1. The highest BCUT2D eigenvalue weighted by molar-refractivity contribution is 7.88. The van der Waals surface area contributed by atoms with Crippen molar-refractivity contribution in [1.82, 2.24) is 24.4 Å². The summed E-state index contributed by atoms with van der Waals surface area (Å²) in [5.74, 6) is 1.82. The van der Waals surface area contributed by atoms with E-state index in [1.54, 1.807) is 19.2 Å². The number of nitrogens with zero attached hydrogens (tertiary/aromatic N) is 4. The fraction of sp³-hybridized carbons (Fsp3) is 0.579. The summed E-state index contributed by atoms with van der Waals surface area (Å²) in [6.45, 7) is 6.35. The van der Waals surface area contributed by atoms with Crippen LogP contribution in [0.15, 0.2) is 18.2 Å². The molecule has 0 fully saturated rings. The zero-order chi connectivity index (χ0) is 21.2. The number of hydrogen-bond acceptors (Lipinski definition) is 6. The summed E-state index contributed by atoms with van der Waals surface area (Å²) >= 11 is 0. The minimum atomic E-state index is -3.39. The SMILES string of the molecule is COc1ccc(F)c(CN2CCc3nnc(C(NS(C)(=O)=O)C(C)C)n3CC2)c1. The second-order valence-corrected chi connectivity index (χ2v) is 9.50. The van der Waals surface area contributed by atoms with E-state index in [4.69, 9.17) is 4.74 Å². The summed E-state index contributed by atoms with van der Waals surface area (Å²) in [4.78, 5) is 2.16. The smallest absolute Gasteiger partial charge is 0.209 e. The van der Waals surface area contributed by atoms with Gasteiger partial charge < -0.3 is 9.30 Å². The van der Waals surface area contributed by atoms with Gasteiger partial charge in [-0.25, -0.2) is 17.5 Å². The van der Waals surface area contributed by atoms with Gasteiger partial charge in [0.15, 0.2) is 5.82 Å². The zero-order valence-corrected chi connectivity index (χ0v) is 18.0. The van der Waals surface area contributed by atoms with Crippen molar-refractivity contribution in [2.75, 3.05) is 26.5 Å². The summed E-state index contributed by atoms with van der Waals surface area (Å²) in [7, 11) is -1.83. The van der Waals surface area contributed by atoms with E-state index in [1.807, 2.05) is 18.4 Å². The summed E-state index contributed by atoms with van der Waals surface area (Å²) in [5, 5.41) is 8.58. The Hall–Kier alpha value is -2.04. The number of hydrogen-bond donors (Lipinski definition) is 1. The average Bonchev–Trinajstić information content (AvgIpc) is 2.94. The first-order valence-electron chi connectivity index (χ1n) is 9.62. The van der Waals surface area contributed by atoms with Crippen LogP contribution < -0.4 is 9.46 Å². The summed E-state index contributed by atoms with van der Waals surface area (Å²) < 4.78 is 47.7. The number of halogens is 1. The molecule has 1 unspecified atom stereocenters. The highest BCUT2D eigenvalue weighted by Gasteiger charge is 2.28. The van der Waals surface area contributed by atoms with E-state index >= 15 is 0 Å². The molecule has 1 aliphatic rings. The van der Waals surface area contributed by atoms with E-state index in [9.17, 15) is 12.8 Å². The molecule has 160 valence electrons. The van der Waals surface area contributed by atoms with E-state index in [1.165, 1.54) is 6.07 Å². The molecule has 0 amide bonds. The average molecular weight is 426 g/mol. The molecule has 0 aliphatic carbocycles. The predicted octanol–water partition coefficient (Wildman–Crippen LogP) is 1.73. The van der Waals surface area contributed by atoms with E-state index in [2.05, 4.69) is 19.8 Å². The van der Waals surface area contributed by atoms with E-state index in [0.717, 1.165) is 12.1 Å². The topological polar surface area (TPSA) is 89.3 Å². The minimum Gasteiger partial charge on any atom is -0.497 e. The molecule has 0 radical (unpaired) electrons. The fourth-order valence-corrected chi connectivity index (χ4v) is 4.37. The minimum absolute atomic E-state index is 0.0169. The Labute approximate surface area is 171 Å². The molecule has 8 nitrogen and oxygen atoms in total. The second-order valence-electron chi connectivity index (χ2n) is 7.72. The monoisotopic (exact) mass is 425 g/mol. The highest BCUT2D eigenvalue weighted by Crippen LogP contribution is 2.24. The number of sulfonamides is 1. The van der Waals surface area contributed by atoms with Gasteiger partial charge in [-0.15, -0.1) is 10.2 Å². The molecule has 1 aromatic carbocycles. The Morgan fingerprint density at radius 2 is 2.00 bits per heavy atom. The fourth-order valence-electron chi connectivity index (χ4n) is 3.53. The van der Waals surface area contributed by atoms with Crippen molar-refractivity contribution in [2.45, 2.75) is 39.4 Å². The molecule has 1 aliphatic heterocycles. The molecule has 1 aromatic heterocycles. The molecule has 3 rings (SSSR count). The Balaban J connectivity index is 1.77. The third-order valence-electron chi connectivity index (χ3n) is 5.08. The van der Waals surface area contributed by atoms with Gasteiger partial charge in [0.05, 0.1) is 19.4 Å². The van der Waals surface area contributed by atoms with Gasteiger partial charge >= 0.3 is 0 Å². The zero-order valence-electron chi connectivity index (χ0n) is 17.2. The van der Waals surface area contributed by atoms with Crippen molar-refractivity contribution in [3.05, 3.63) is 41.2 Å². The first-order valence-corrected chi connectivity index (χ1v) is 11.5. The van der Waals surface area contributed by atoms with Crippen molar-refractivity contribution in [3.63, 3.8) is 0 Å². The highest BCUT2D eigenvalue weighted by atomic mass is 32.2. The quantitative estimate of drug-likeness (QED) is 0.727.